The van der Waals surface area contributed by atoms with Crippen molar-refractivity contribution < 1.29 is 9.53 Å². The van der Waals surface area contributed by atoms with Crippen LogP contribution in [-0.4, -0.2) is 44.6 Å². The molecule has 0 aliphatic heterocycles. The number of aromatic nitrogens is 4. The number of hydrogen-bond acceptors (Lipinski definition) is 5. The van der Waals surface area contributed by atoms with Crippen molar-refractivity contribution in [2.75, 3.05) is 19.5 Å². The van der Waals surface area contributed by atoms with Gasteiger partial charge in [0.2, 0.25) is 0 Å². The van der Waals surface area contributed by atoms with Gasteiger partial charge in [-0.3, -0.25) is 9.36 Å². The molecule has 0 spiro atoms. The molecule has 0 bridgehead atoms. The van der Waals surface area contributed by atoms with E-state index < -0.39 is 0 Å². The zero-order valence-corrected chi connectivity index (χ0v) is 18.0. The van der Waals surface area contributed by atoms with Crippen LogP contribution in [0.15, 0.2) is 40.3 Å². The quantitative estimate of drug-likeness (QED) is 0.330. The van der Waals surface area contributed by atoms with E-state index in [1.165, 1.54) is 17.3 Å². The van der Waals surface area contributed by atoms with Crippen molar-refractivity contribution in [2.45, 2.75) is 38.9 Å². The maximum atomic E-state index is 12.9. The number of H-pyrrole nitrogens is 1. The van der Waals surface area contributed by atoms with Crippen LogP contribution in [0, 0.1) is 20.8 Å². The first-order chi connectivity index (χ1) is 13.9. The summed E-state index contributed by atoms with van der Waals surface area (Å²) >= 11 is 1.27. The SMILES string of the molecule is COCCCn1c(SCC(=O)c2cc(C)n(-c3ccc(C)cc3)c2C)n[nH]c1=O. The molecule has 0 atom stereocenters. The molecule has 0 unspecified atom stereocenters. The van der Waals surface area contributed by atoms with Gasteiger partial charge in [0.25, 0.3) is 0 Å². The Hall–Kier alpha value is -2.58. The summed E-state index contributed by atoms with van der Waals surface area (Å²) in [7, 11) is 1.62. The Balaban J connectivity index is 1.75. The van der Waals surface area contributed by atoms with Gasteiger partial charge < -0.3 is 9.30 Å². The third-order valence-electron chi connectivity index (χ3n) is 4.81. The van der Waals surface area contributed by atoms with Crippen LogP contribution >= 0.6 is 11.8 Å². The number of thioether (sulfide) groups is 1. The minimum absolute atomic E-state index is 0.0142. The van der Waals surface area contributed by atoms with E-state index in [0.29, 0.717) is 30.3 Å². The average Bonchev–Trinajstić information content (AvgIpc) is 3.20. The lowest BCUT2D eigenvalue weighted by Gasteiger charge is -2.10. The highest BCUT2D eigenvalue weighted by Gasteiger charge is 2.18. The molecule has 2 aromatic heterocycles. The molecule has 0 amide bonds. The highest BCUT2D eigenvalue weighted by atomic mass is 32.2. The van der Waals surface area contributed by atoms with Crippen LogP contribution < -0.4 is 5.69 Å². The molecule has 3 aromatic rings. The monoisotopic (exact) mass is 414 g/mol. The molecule has 2 heterocycles. The van der Waals surface area contributed by atoms with Crippen LogP contribution in [0.4, 0.5) is 0 Å². The average molecular weight is 415 g/mol. The Kier molecular flexibility index (Phi) is 6.76. The van der Waals surface area contributed by atoms with Crippen molar-refractivity contribution in [1.29, 1.82) is 0 Å². The van der Waals surface area contributed by atoms with E-state index in [0.717, 1.165) is 17.1 Å². The fourth-order valence-electron chi connectivity index (χ4n) is 3.32. The summed E-state index contributed by atoms with van der Waals surface area (Å²) in [4.78, 5) is 24.8. The van der Waals surface area contributed by atoms with Crippen molar-refractivity contribution in [2.24, 2.45) is 0 Å². The van der Waals surface area contributed by atoms with Gasteiger partial charge in [-0.25, -0.2) is 9.89 Å². The van der Waals surface area contributed by atoms with Gasteiger partial charge >= 0.3 is 5.69 Å². The lowest BCUT2D eigenvalue weighted by atomic mass is 10.2. The van der Waals surface area contributed by atoms with E-state index in [4.69, 9.17) is 4.74 Å². The van der Waals surface area contributed by atoms with E-state index in [1.54, 1.807) is 11.7 Å². The van der Waals surface area contributed by atoms with Gasteiger partial charge in [-0.2, -0.15) is 0 Å². The molecule has 29 heavy (non-hydrogen) atoms. The highest BCUT2D eigenvalue weighted by Crippen LogP contribution is 2.24. The number of carbonyl (C=O) groups excluding carboxylic acids is 1. The van der Waals surface area contributed by atoms with Crippen LogP contribution in [0.1, 0.15) is 33.7 Å². The number of nitrogens with zero attached hydrogens (tertiary/aromatic N) is 3. The Morgan fingerprint density at radius 2 is 1.93 bits per heavy atom. The fourth-order valence-corrected chi connectivity index (χ4v) is 4.18. The second kappa shape index (κ2) is 9.28. The van der Waals surface area contributed by atoms with E-state index in [-0.39, 0.29) is 17.2 Å². The second-order valence-corrected chi connectivity index (χ2v) is 7.92. The maximum absolute atomic E-state index is 12.9. The van der Waals surface area contributed by atoms with Crippen LogP contribution in [-0.2, 0) is 11.3 Å². The van der Waals surface area contributed by atoms with E-state index in [1.807, 2.05) is 19.9 Å². The number of carbonyl (C=O) groups is 1. The van der Waals surface area contributed by atoms with Gasteiger partial charge in [-0.15, -0.1) is 5.10 Å². The number of aryl methyl sites for hydroxylation is 2. The number of benzene rings is 1. The minimum Gasteiger partial charge on any atom is -0.385 e. The van der Waals surface area contributed by atoms with E-state index >= 15 is 0 Å². The zero-order valence-electron chi connectivity index (χ0n) is 17.2. The molecule has 8 heteroatoms. The molecule has 0 saturated carbocycles. The number of ketones is 1. The largest absolute Gasteiger partial charge is 0.385 e. The lowest BCUT2D eigenvalue weighted by molar-refractivity contribution is 0.102. The fraction of sp³-hybridized carbons (Fsp3) is 0.381. The molecule has 0 radical (unpaired) electrons. The topological polar surface area (TPSA) is 81.9 Å². The first-order valence-corrected chi connectivity index (χ1v) is 10.5. The van der Waals surface area contributed by atoms with Crippen LogP contribution in [0.2, 0.25) is 0 Å². The Morgan fingerprint density at radius 1 is 1.21 bits per heavy atom. The third kappa shape index (κ3) is 4.71. The molecule has 7 nitrogen and oxygen atoms in total. The zero-order chi connectivity index (χ0) is 21.0. The summed E-state index contributed by atoms with van der Waals surface area (Å²) in [6.45, 7) is 7.07. The smallest absolute Gasteiger partial charge is 0.343 e. The molecule has 3 rings (SSSR count). The van der Waals surface area contributed by atoms with Gasteiger partial charge in [-0.1, -0.05) is 29.5 Å². The Bertz CT molecular complexity index is 1050. The molecular weight excluding hydrogens is 388 g/mol. The van der Waals surface area contributed by atoms with Gasteiger partial charge in [-0.05, 0) is 45.4 Å². The molecule has 0 saturated heterocycles. The number of methoxy groups -OCH3 is 1. The van der Waals surface area contributed by atoms with Crippen molar-refractivity contribution in [3.8, 4) is 5.69 Å². The maximum Gasteiger partial charge on any atom is 0.343 e. The van der Waals surface area contributed by atoms with Gasteiger partial charge in [0.05, 0.1) is 5.75 Å². The first kappa shape index (κ1) is 21.1. The summed E-state index contributed by atoms with van der Waals surface area (Å²) in [5.74, 6) is 0.229. The Morgan fingerprint density at radius 3 is 2.62 bits per heavy atom. The van der Waals surface area contributed by atoms with Crippen molar-refractivity contribution in [1.82, 2.24) is 19.3 Å². The normalized spacial score (nSPS) is 11.2. The highest BCUT2D eigenvalue weighted by molar-refractivity contribution is 7.99. The van der Waals surface area contributed by atoms with Gasteiger partial charge in [0.15, 0.2) is 10.9 Å². The number of nitrogens with one attached hydrogen (secondary N) is 1. The molecule has 0 fully saturated rings. The summed E-state index contributed by atoms with van der Waals surface area (Å²) in [5.41, 5.74) is 4.58. The number of aromatic amines is 1. The van der Waals surface area contributed by atoms with E-state index in [2.05, 4.69) is 46.0 Å². The molecule has 1 aromatic carbocycles. The number of hydrogen-bond donors (Lipinski definition) is 1. The summed E-state index contributed by atoms with van der Waals surface area (Å²) < 4.78 is 8.67. The molecular formula is C21H26N4O3S. The van der Waals surface area contributed by atoms with Gasteiger partial charge in [0.1, 0.15) is 0 Å². The number of ether oxygens (including phenoxy) is 1. The molecule has 0 aliphatic rings. The minimum atomic E-state index is -0.270. The van der Waals surface area contributed by atoms with Gasteiger partial charge in [0, 0.05) is 42.9 Å². The van der Waals surface area contributed by atoms with Crippen molar-refractivity contribution in [3.05, 3.63) is 63.3 Å². The first-order valence-electron chi connectivity index (χ1n) is 9.48. The second-order valence-electron chi connectivity index (χ2n) is 6.98. The third-order valence-corrected chi connectivity index (χ3v) is 5.79. The Labute approximate surface area is 174 Å². The molecule has 1 N–H and O–H groups in total. The van der Waals surface area contributed by atoms with Crippen LogP contribution in [0.3, 0.4) is 0 Å². The molecule has 0 aliphatic carbocycles. The number of Topliss-reactive ketones (excluding diaryl/α,β-unsaturated/α-hetero) is 1. The summed E-state index contributed by atoms with van der Waals surface area (Å²) in [6, 6.07) is 10.2. The predicted molar refractivity (Wildman–Crippen MR) is 114 cm³/mol. The summed E-state index contributed by atoms with van der Waals surface area (Å²) in [5, 5.41) is 7.03. The molecule has 154 valence electrons. The predicted octanol–water partition coefficient (Wildman–Crippen LogP) is 3.30. The summed E-state index contributed by atoms with van der Waals surface area (Å²) in [6.07, 6.45) is 0.704. The van der Waals surface area contributed by atoms with Crippen molar-refractivity contribution >= 4 is 17.5 Å². The van der Waals surface area contributed by atoms with Crippen LogP contribution in [0.5, 0.6) is 0 Å². The standard InChI is InChI=1S/C21H26N4O3S/c1-14-6-8-17(9-7-14)25-15(2)12-18(16(25)3)19(26)13-29-21-23-22-20(27)24(21)10-5-11-28-4/h6-9,12H,5,10-11,13H2,1-4H3,(H,22,27). The van der Waals surface area contributed by atoms with Crippen LogP contribution in [0.25, 0.3) is 5.69 Å². The van der Waals surface area contributed by atoms with Crippen molar-refractivity contribution in [3.63, 3.8) is 0 Å². The van der Waals surface area contributed by atoms with E-state index in [9.17, 15) is 9.59 Å². The number of rotatable bonds is 9. The lowest BCUT2D eigenvalue weighted by Crippen LogP contribution is -2.18.